The highest BCUT2D eigenvalue weighted by Crippen LogP contribution is 2.25. The minimum atomic E-state index is -0.306. The van der Waals surface area contributed by atoms with E-state index >= 15 is 0 Å². The third-order valence-corrected chi connectivity index (χ3v) is 3.32. The van der Waals surface area contributed by atoms with Crippen LogP contribution in [0.5, 0.6) is 0 Å². The summed E-state index contributed by atoms with van der Waals surface area (Å²) in [6.07, 6.45) is 0.909. The van der Waals surface area contributed by atoms with E-state index in [-0.39, 0.29) is 18.3 Å². The Morgan fingerprint density at radius 1 is 1.50 bits per heavy atom. The second-order valence-electron chi connectivity index (χ2n) is 3.83. The number of nitrogens with one attached hydrogen (secondary N) is 2. The van der Waals surface area contributed by atoms with Gasteiger partial charge in [-0.25, -0.2) is 9.37 Å². The molecular weight excluding hydrogens is 253 g/mol. The zero-order valence-corrected chi connectivity index (χ0v) is 10.8. The van der Waals surface area contributed by atoms with Crippen molar-refractivity contribution in [3.8, 4) is 0 Å². The zero-order valence-electron chi connectivity index (χ0n) is 10.00. The van der Waals surface area contributed by atoms with E-state index in [1.54, 1.807) is 6.07 Å². The van der Waals surface area contributed by atoms with Gasteiger partial charge in [0.1, 0.15) is 5.82 Å². The molecule has 2 rings (SSSR count). The molecule has 1 aromatic carbocycles. The highest BCUT2D eigenvalue weighted by atomic mass is 32.1. The minimum absolute atomic E-state index is 0.0673. The van der Waals surface area contributed by atoms with E-state index in [1.165, 1.54) is 23.5 Å². The number of halogens is 1. The Morgan fingerprint density at radius 2 is 2.33 bits per heavy atom. The van der Waals surface area contributed by atoms with Crippen LogP contribution in [-0.2, 0) is 4.79 Å². The van der Waals surface area contributed by atoms with Crippen molar-refractivity contribution in [2.24, 2.45) is 0 Å². The van der Waals surface area contributed by atoms with Crippen LogP contribution in [0.4, 0.5) is 9.52 Å². The second-order valence-corrected chi connectivity index (χ2v) is 4.87. The smallest absolute Gasteiger partial charge is 0.239 e. The summed E-state index contributed by atoms with van der Waals surface area (Å²) in [4.78, 5) is 15.6. The van der Waals surface area contributed by atoms with Crippen molar-refractivity contribution in [1.82, 2.24) is 10.3 Å². The lowest BCUT2D eigenvalue weighted by atomic mass is 10.3. The molecule has 4 nitrogen and oxygen atoms in total. The fourth-order valence-electron chi connectivity index (χ4n) is 1.46. The van der Waals surface area contributed by atoms with Gasteiger partial charge in [0.25, 0.3) is 0 Å². The number of carbonyl (C=O) groups is 1. The molecule has 18 heavy (non-hydrogen) atoms. The molecule has 0 aliphatic rings. The summed E-state index contributed by atoms with van der Waals surface area (Å²) < 4.78 is 13.9. The first kappa shape index (κ1) is 12.8. The van der Waals surface area contributed by atoms with Gasteiger partial charge in [0.05, 0.1) is 16.8 Å². The van der Waals surface area contributed by atoms with Gasteiger partial charge in [-0.05, 0) is 18.6 Å². The molecule has 0 unspecified atom stereocenters. The molecule has 0 spiro atoms. The molecule has 1 aromatic heterocycles. The van der Waals surface area contributed by atoms with Gasteiger partial charge >= 0.3 is 0 Å². The van der Waals surface area contributed by atoms with Crippen molar-refractivity contribution in [3.63, 3.8) is 0 Å². The lowest BCUT2D eigenvalue weighted by Crippen LogP contribution is -2.30. The molecular formula is C12H14FN3OS. The molecule has 0 saturated heterocycles. The number of carbonyl (C=O) groups excluding carboxylic acids is 1. The fraction of sp³-hybridized carbons (Fsp3) is 0.333. The van der Waals surface area contributed by atoms with Gasteiger partial charge in [-0.1, -0.05) is 18.3 Å². The number of amides is 1. The van der Waals surface area contributed by atoms with E-state index in [2.05, 4.69) is 15.6 Å². The summed E-state index contributed by atoms with van der Waals surface area (Å²) in [6, 6.07) is 4.47. The minimum Gasteiger partial charge on any atom is -0.355 e. The monoisotopic (exact) mass is 267 g/mol. The van der Waals surface area contributed by atoms with E-state index in [0.717, 1.165) is 11.1 Å². The van der Waals surface area contributed by atoms with E-state index in [1.807, 2.05) is 6.92 Å². The summed E-state index contributed by atoms with van der Waals surface area (Å²) in [5, 5.41) is 6.32. The Kier molecular flexibility index (Phi) is 4.09. The summed E-state index contributed by atoms with van der Waals surface area (Å²) in [5.41, 5.74) is 0.608. The largest absolute Gasteiger partial charge is 0.355 e. The average Bonchev–Trinajstić information content (AvgIpc) is 2.75. The third-order valence-electron chi connectivity index (χ3n) is 2.32. The van der Waals surface area contributed by atoms with Gasteiger partial charge in [-0.15, -0.1) is 0 Å². The topological polar surface area (TPSA) is 54.0 Å². The molecule has 96 valence electrons. The third kappa shape index (κ3) is 3.16. The van der Waals surface area contributed by atoms with Gasteiger partial charge in [0.15, 0.2) is 5.13 Å². The number of hydrogen-bond donors (Lipinski definition) is 2. The number of benzene rings is 1. The molecule has 0 saturated carbocycles. The zero-order chi connectivity index (χ0) is 13.0. The molecule has 0 atom stereocenters. The number of thiazole rings is 1. The van der Waals surface area contributed by atoms with Crippen LogP contribution in [0, 0.1) is 5.82 Å². The second kappa shape index (κ2) is 5.77. The summed E-state index contributed by atoms with van der Waals surface area (Å²) >= 11 is 1.40. The van der Waals surface area contributed by atoms with Gasteiger partial charge < -0.3 is 10.6 Å². The average molecular weight is 267 g/mol. The molecule has 6 heteroatoms. The first-order chi connectivity index (χ1) is 8.69. The van der Waals surface area contributed by atoms with Gasteiger partial charge in [-0.2, -0.15) is 0 Å². The standard InChI is InChI=1S/C12H14FN3OS/c1-2-5-14-11(17)7-15-12-16-9-6-8(13)3-4-10(9)18-12/h3-4,6H,2,5,7H2,1H3,(H,14,17)(H,15,16). The maximum atomic E-state index is 13.0. The number of aromatic nitrogens is 1. The SMILES string of the molecule is CCCNC(=O)CNc1nc2cc(F)ccc2s1. The van der Waals surface area contributed by atoms with Crippen LogP contribution in [0.15, 0.2) is 18.2 Å². The van der Waals surface area contributed by atoms with Crippen molar-refractivity contribution < 1.29 is 9.18 Å². The Bertz CT molecular complexity index is 555. The number of rotatable bonds is 5. The van der Waals surface area contributed by atoms with Crippen LogP contribution >= 0.6 is 11.3 Å². The Morgan fingerprint density at radius 3 is 3.11 bits per heavy atom. The van der Waals surface area contributed by atoms with Crippen molar-refractivity contribution in [2.75, 3.05) is 18.4 Å². The molecule has 1 amide bonds. The Balaban J connectivity index is 1.97. The maximum absolute atomic E-state index is 13.0. The summed E-state index contributed by atoms with van der Waals surface area (Å²) in [6.45, 7) is 2.85. The van der Waals surface area contributed by atoms with Crippen molar-refractivity contribution >= 4 is 32.6 Å². The Labute approximate surface area is 108 Å². The molecule has 0 radical (unpaired) electrons. The van der Waals surface area contributed by atoms with Crippen molar-refractivity contribution in [2.45, 2.75) is 13.3 Å². The number of fused-ring (bicyclic) bond motifs is 1. The summed E-state index contributed by atoms with van der Waals surface area (Å²) in [5.74, 6) is -0.373. The van der Waals surface area contributed by atoms with Crippen molar-refractivity contribution in [3.05, 3.63) is 24.0 Å². The van der Waals surface area contributed by atoms with Crippen molar-refractivity contribution in [1.29, 1.82) is 0 Å². The van der Waals surface area contributed by atoms with Crippen LogP contribution < -0.4 is 10.6 Å². The van der Waals surface area contributed by atoms with Gasteiger partial charge in [-0.3, -0.25) is 4.79 Å². The Hall–Kier alpha value is -1.69. The van der Waals surface area contributed by atoms with Crippen LogP contribution in [0.25, 0.3) is 10.2 Å². The van der Waals surface area contributed by atoms with Crippen LogP contribution in [0.2, 0.25) is 0 Å². The molecule has 2 N–H and O–H groups in total. The molecule has 0 aliphatic heterocycles. The predicted octanol–water partition coefficient (Wildman–Crippen LogP) is 2.37. The normalized spacial score (nSPS) is 10.6. The summed E-state index contributed by atoms with van der Waals surface area (Å²) in [7, 11) is 0. The number of anilines is 1. The van der Waals surface area contributed by atoms with E-state index < -0.39 is 0 Å². The molecule has 2 aromatic rings. The predicted molar refractivity (Wildman–Crippen MR) is 71.4 cm³/mol. The lowest BCUT2D eigenvalue weighted by Gasteiger charge is -2.03. The van der Waals surface area contributed by atoms with E-state index in [4.69, 9.17) is 0 Å². The highest BCUT2D eigenvalue weighted by Gasteiger charge is 2.06. The number of nitrogens with zero attached hydrogens (tertiary/aromatic N) is 1. The first-order valence-corrected chi connectivity index (χ1v) is 6.57. The van der Waals surface area contributed by atoms with Crippen LogP contribution in [0.1, 0.15) is 13.3 Å². The maximum Gasteiger partial charge on any atom is 0.239 e. The van der Waals surface area contributed by atoms with Gasteiger partial charge in [0, 0.05) is 12.6 Å². The number of hydrogen-bond acceptors (Lipinski definition) is 4. The molecule has 0 bridgehead atoms. The molecule has 1 heterocycles. The molecule has 0 fully saturated rings. The van der Waals surface area contributed by atoms with E-state index in [9.17, 15) is 9.18 Å². The van der Waals surface area contributed by atoms with Gasteiger partial charge in [0.2, 0.25) is 5.91 Å². The highest BCUT2D eigenvalue weighted by molar-refractivity contribution is 7.22. The van der Waals surface area contributed by atoms with Crippen LogP contribution in [0.3, 0.4) is 0 Å². The lowest BCUT2D eigenvalue weighted by molar-refractivity contribution is -0.119. The molecule has 0 aliphatic carbocycles. The quantitative estimate of drug-likeness (QED) is 0.874. The first-order valence-electron chi connectivity index (χ1n) is 5.75. The fourth-order valence-corrected chi connectivity index (χ4v) is 2.30. The van der Waals surface area contributed by atoms with E-state index in [0.29, 0.717) is 17.2 Å². The van der Waals surface area contributed by atoms with Crippen LogP contribution in [-0.4, -0.2) is 24.0 Å².